The lowest BCUT2D eigenvalue weighted by molar-refractivity contribution is -0.137. The number of hydrogen-bond acceptors (Lipinski definition) is 4. The van der Waals surface area contributed by atoms with E-state index in [0.29, 0.717) is 12.1 Å². The smallest absolute Gasteiger partial charge is 0.353 e. The van der Waals surface area contributed by atoms with Crippen LogP contribution in [0.15, 0.2) is 30.3 Å². The molecule has 2 saturated carbocycles. The predicted octanol–water partition coefficient (Wildman–Crippen LogP) is 6.50. The molecular formula is C32H44F3N5O2. The Labute approximate surface area is 246 Å². The van der Waals surface area contributed by atoms with Crippen LogP contribution in [-0.4, -0.2) is 57.2 Å². The maximum absolute atomic E-state index is 14.0. The molecule has 3 aliphatic rings. The first-order valence-corrected chi connectivity index (χ1v) is 15.6. The van der Waals surface area contributed by atoms with Crippen molar-refractivity contribution >= 4 is 11.8 Å². The fourth-order valence-corrected chi connectivity index (χ4v) is 6.68. The van der Waals surface area contributed by atoms with Gasteiger partial charge < -0.3 is 10.6 Å². The van der Waals surface area contributed by atoms with Crippen LogP contribution in [0.5, 0.6) is 0 Å². The third-order valence-electron chi connectivity index (χ3n) is 9.45. The molecule has 5 rings (SSSR count). The summed E-state index contributed by atoms with van der Waals surface area (Å²) in [5, 5.41) is 10.7. The number of hydrogen-bond donors (Lipinski definition) is 2. The van der Waals surface area contributed by atoms with Crippen molar-refractivity contribution in [2.24, 2.45) is 0 Å². The van der Waals surface area contributed by atoms with Gasteiger partial charge in [-0.15, -0.1) is 0 Å². The Morgan fingerprint density at radius 2 is 1.79 bits per heavy atom. The number of nitrogens with zero attached hydrogens (tertiary/aromatic N) is 3. The Kier molecular flexibility index (Phi) is 9.30. The number of carbonyl (C=O) groups excluding carboxylic acids is 2. The zero-order valence-corrected chi connectivity index (χ0v) is 24.8. The molecule has 0 unspecified atom stereocenters. The van der Waals surface area contributed by atoms with E-state index in [2.05, 4.69) is 34.5 Å². The van der Waals surface area contributed by atoms with Gasteiger partial charge in [0.25, 0.3) is 5.91 Å². The van der Waals surface area contributed by atoms with Crippen molar-refractivity contribution in [3.63, 3.8) is 0 Å². The second-order valence-corrected chi connectivity index (χ2v) is 13.0. The van der Waals surface area contributed by atoms with E-state index in [1.54, 1.807) is 10.7 Å². The van der Waals surface area contributed by atoms with Gasteiger partial charge in [0.15, 0.2) is 5.69 Å². The van der Waals surface area contributed by atoms with E-state index in [4.69, 9.17) is 0 Å². The SMILES string of the molecule is CC1(C)CCCCN1CC[C@@H](CC(=O)NC1CCC1)NC(=O)c1cc(-c2ccccc2C(F)(F)F)n(C2CCCC2)n1. The van der Waals surface area contributed by atoms with Gasteiger partial charge in [0, 0.05) is 36.2 Å². The molecule has 2 heterocycles. The first-order valence-electron chi connectivity index (χ1n) is 15.6. The molecule has 42 heavy (non-hydrogen) atoms. The highest BCUT2D eigenvalue weighted by Crippen LogP contribution is 2.40. The maximum atomic E-state index is 14.0. The fourth-order valence-electron chi connectivity index (χ4n) is 6.68. The zero-order valence-electron chi connectivity index (χ0n) is 24.8. The molecule has 1 atom stereocenters. The van der Waals surface area contributed by atoms with Crippen LogP contribution in [0.1, 0.15) is 113 Å². The number of rotatable bonds is 10. The number of piperidine rings is 1. The normalized spacial score (nSPS) is 20.7. The van der Waals surface area contributed by atoms with Gasteiger partial charge in [-0.05, 0) is 83.9 Å². The summed E-state index contributed by atoms with van der Waals surface area (Å²) < 4.78 is 43.5. The van der Waals surface area contributed by atoms with Crippen molar-refractivity contribution in [2.75, 3.05) is 13.1 Å². The van der Waals surface area contributed by atoms with Gasteiger partial charge in [0.2, 0.25) is 5.91 Å². The molecule has 0 radical (unpaired) electrons. The topological polar surface area (TPSA) is 79.3 Å². The third kappa shape index (κ3) is 7.18. The average molecular weight is 588 g/mol. The van der Waals surface area contributed by atoms with Crippen LogP contribution < -0.4 is 10.6 Å². The van der Waals surface area contributed by atoms with Crippen LogP contribution in [0.25, 0.3) is 11.3 Å². The molecule has 1 aromatic carbocycles. The number of halogens is 3. The fraction of sp³-hybridized carbons (Fsp3) is 0.656. The third-order valence-corrected chi connectivity index (χ3v) is 9.45. The van der Waals surface area contributed by atoms with Crippen molar-refractivity contribution in [3.05, 3.63) is 41.6 Å². The molecule has 1 saturated heterocycles. The van der Waals surface area contributed by atoms with Gasteiger partial charge in [-0.25, -0.2) is 0 Å². The molecule has 1 aliphatic heterocycles. The highest BCUT2D eigenvalue weighted by atomic mass is 19.4. The van der Waals surface area contributed by atoms with Crippen LogP contribution in [0.2, 0.25) is 0 Å². The second kappa shape index (κ2) is 12.8. The van der Waals surface area contributed by atoms with E-state index in [9.17, 15) is 22.8 Å². The van der Waals surface area contributed by atoms with Gasteiger partial charge in [0.1, 0.15) is 0 Å². The van der Waals surface area contributed by atoms with Crippen LogP contribution in [0, 0.1) is 0 Å². The number of likely N-dealkylation sites (tertiary alicyclic amines) is 1. The number of aromatic nitrogens is 2. The largest absolute Gasteiger partial charge is 0.417 e. The summed E-state index contributed by atoms with van der Waals surface area (Å²) >= 11 is 0. The number of nitrogens with one attached hydrogen (secondary N) is 2. The summed E-state index contributed by atoms with van der Waals surface area (Å²) in [5.41, 5.74) is -0.286. The summed E-state index contributed by atoms with van der Waals surface area (Å²) in [6.07, 6.45) is 6.26. The molecule has 2 aromatic rings. The first-order chi connectivity index (χ1) is 20.0. The summed E-state index contributed by atoms with van der Waals surface area (Å²) in [6, 6.07) is 6.67. The Balaban J connectivity index is 1.38. The van der Waals surface area contributed by atoms with Gasteiger partial charge in [0.05, 0.1) is 17.3 Å². The molecule has 1 aromatic heterocycles. The minimum Gasteiger partial charge on any atom is -0.353 e. The van der Waals surface area contributed by atoms with Gasteiger partial charge in [-0.1, -0.05) is 37.5 Å². The van der Waals surface area contributed by atoms with E-state index < -0.39 is 23.7 Å². The van der Waals surface area contributed by atoms with Crippen molar-refractivity contribution < 1.29 is 22.8 Å². The van der Waals surface area contributed by atoms with Crippen LogP contribution in [0.4, 0.5) is 13.2 Å². The lowest BCUT2D eigenvalue weighted by atomic mass is 9.90. The first kappa shape index (κ1) is 30.6. The summed E-state index contributed by atoms with van der Waals surface area (Å²) in [6.45, 7) is 6.20. The minimum atomic E-state index is -4.54. The van der Waals surface area contributed by atoms with Crippen molar-refractivity contribution in [1.29, 1.82) is 0 Å². The summed E-state index contributed by atoms with van der Waals surface area (Å²) in [5.74, 6) is -0.545. The quantitative estimate of drug-likeness (QED) is 0.333. The van der Waals surface area contributed by atoms with E-state index in [1.165, 1.54) is 24.6 Å². The molecule has 2 N–H and O–H groups in total. The van der Waals surface area contributed by atoms with E-state index in [-0.39, 0.29) is 41.2 Å². The van der Waals surface area contributed by atoms with Crippen LogP contribution >= 0.6 is 0 Å². The number of benzene rings is 1. The molecule has 230 valence electrons. The van der Waals surface area contributed by atoms with Gasteiger partial charge in [-0.3, -0.25) is 19.2 Å². The number of alkyl halides is 3. The molecule has 2 amide bonds. The van der Waals surface area contributed by atoms with E-state index in [1.807, 2.05) is 0 Å². The number of amides is 2. The number of carbonyl (C=O) groups is 2. The van der Waals surface area contributed by atoms with Crippen molar-refractivity contribution in [1.82, 2.24) is 25.3 Å². The maximum Gasteiger partial charge on any atom is 0.417 e. The second-order valence-electron chi connectivity index (χ2n) is 13.0. The molecule has 0 bridgehead atoms. The minimum absolute atomic E-state index is 0.0206. The van der Waals surface area contributed by atoms with Crippen LogP contribution in [-0.2, 0) is 11.0 Å². The highest BCUT2D eigenvalue weighted by molar-refractivity contribution is 5.94. The van der Waals surface area contributed by atoms with E-state index in [0.717, 1.165) is 76.9 Å². The van der Waals surface area contributed by atoms with Gasteiger partial charge in [-0.2, -0.15) is 18.3 Å². The van der Waals surface area contributed by atoms with E-state index >= 15 is 0 Å². The predicted molar refractivity (Wildman–Crippen MR) is 156 cm³/mol. The molecular weight excluding hydrogens is 543 g/mol. The van der Waals surface area contributed by atoms with Crippen LogP contribution in [0.3, 0.4) is 0 Å². The van der Waals surface area contributed by atoms with Crippen molar-refractivity contribution in [3.8, 4) is 11.3 Å². The highest BCUT2D eigenvalue weighted by Gasteiger charge is 2.36. The lowest BCUT2D eigenvalue weighted by Crippen LogP contribution is -2.50. The molecule has 3 fully saturated rings. The average Bonchev–Trinajstić information content (AvgIpc) is 3.60. The molecule has 2 aliphatic carbocycles. The monoisotopic (exact) mass is 587 g/mol. The summed E-state index contributed by atoms with van der Waals surface area (Å²) in [7, 11) is 0. The Morgan fingerprint density at radius 1 is 1.05 bits per heavy atom. The standard InChI is InChI=1S/C32H44F3N5O2/c1-31(2)17-7-8-18-39(31)19-16-23(20-29(41)36-22-10-9-11-22)37-30(42)27-21-28(40(38-27)24-12-3-4-13-24)25-14-5-6-15-26(25)32(33,34)35/h5-6,14-15,21-24H,3-4,7-13,16-20H2,1-2H3,(H,36,41)(H,37,42)/t23-/m0/s1. The Hall–Kier alpha value is -2.88. The Morgan fingerprint density at radius 3 is 2.45 bits per heavy atom. The van der Waals surface area contributed by atoms with Crippen molar-refractivity contribution in [2.45, 2.75) is 121 Å². The molecule has 10 heteroatoms. The van der Waals surface area contributed by atoms with Gasteiger partial charge >= 0.3 is 6.18 Å². The summed E-state index contributed by atoms with van der Waals surface area (Å²) in [4.78, 5) is 29.0. The zero-order chi connectivity index (χ0) is 29.9. The Bertz CT molecular complexity index is 1250. The lowest BCUT2D eigenvalue weighted by Gasteiger charge is -2.43. The molecule has 7 nitrogen and oxygen atoms in total. The molecule has 0 spiro atoms.